The molecule has 0 aliphatic heterocycles. The van der Waals surface area contributed by atoms with Crippen molar-refractivity contribution in [1.82, 2.24) is 0 Å². The second-order valence-corrected chi connectivity index (χ2v) is 5.22. The van der Waals surface area contributed by atoms with Crippen LogP contribution in [-0.2, 0) is 6.42 Å². The Morgan fingerprint density at radius 1 is 1.22 bits per heavy atom. The molecule has 0 aromatic heterocycles. The van der Waals surface area contributed by atoms with Crippen LogP contribution < -0.4 is 4.74 Å². The third-order valence-electron chi connectivity index (χ3n) is 3.52. The number of nitrogens with zero attached hydrogens (tertiary/aromatic N) is 1. The number of rotatable bonds is 6. The predicted octanol–water partition coefficient (Wildman–Crippen LogP) is 4.44. The van der Waals surface area contributed by atoms with E-state index in [0.717, 1.165) is 18.4 Å². The van der Waals surface area contributed by atoms with E-state index in [-0.39, 0.29) is 11.4 Å². The Hall–Kier alpha value is -2.86. The normalized spacial score (nSPS) is 10.9. The van der Waals surface area contributed by atoms with Crippen LogP contribution in [0.25, 0.3) is 6.08 Å². The highest BCUT2D eigenvalue weighted by Crippen LogP contribution is 2.18. The van der Waals surface area contributed by atoms with Crippen molar-refractivity contribution >= 4 is 11.9 Å². The molecule has 0 fully saturated rings. The van der Waals surface area contributed by atoms with Gasteiger partial charge in [-0.1, -0.05) is 49.7 Å². The molecule has 2 aromatic rings. The van der Waals surface area contributed by atoms with Crippen molar-refractivity contribution in [3.63, 3.8) is 0 Å². The van der Waals surface area contributed by atoms with Crippen LogP contribution in [0.3, 0.4) is 0 Å². The molecule has 116 valence electrons. The Bertz CT molecular complexity index is 752. The van der Waals surface area contributed by atoms with E-state index in [4.69, 9.17) is 4.74 Å². The molecule has 0 radical (unpaired) electrons. The molecule has 0 amide bonds. The number of carbonyl (C=O) groups excluding carboxylic acids is 1. The quantitative estimate of drug-likeness (QED) is 0.450. The standard InChI is InChI=1S/C20H19NO2/c1-3-5-15-8-10-17(11-9-15)20(22)18(14-21)12-16-6-4-7-19(13-16)23-2/h4,6-13H,3,5H2,1-2H3/b18-12+. The van der Waals surface area contributed by atoms with Crippen LogP contribution in [0.2, 0.25) is 0 Å². The van der Waals surface area contributed by atoms with Gasteiger partial charge in [0.25, 0.3) is 0 Å². The van der Waals surface area contributed by atoms with Crippen LogP contribution in [0.4, 0.5) is 0 Å². The predicted molar refractivity (Wildman–Crippen MR) is 91.4 cm³/mol. The Balaban J connectivity index is 2.27. The van der Waals surface area contributed by atoms with Crippen molar-refractivity contribution in [2.24, 2.45) is 0 Å². The van der Waals surface area contributed by atoms with Gasteiger partial charge >= 0.3 is 0 Å². The smallest absolute Gasteiger partial charge is 0.203 e. The fraction of sp³-hybridized carbons (Fsp3) is 0.200. The van der Waals surface area contributed by atoms with E-state index in [1.165, 1.54) is 5.56 Å². The van der Waals surface area contributed by atoms with Gasteiger partial charge in [-0.3, -0.25) is 4.79 Å². The molecule has 0 aliphatic rings. The number of ether oxygens (including phenoxy) is 1. The molecular weight excluding hydrogens is 286 g/mol. The number of hydrogen-bond donors (Lipinski definition) is 0. The van der Waals surface area contributed by atoms with Crippen LogP contribution in [-0.4, -0.2) is 12.9 Å². The number of ketones is 1. The van der Waals surface area contributed by atoms with Crippen molar-refractivity contribution in [2.75, 3.05) is 7.11 Å². The first-order valence-corrected chi connectivity index (χ1v) is 7.57. The van der Waals surface area contributed by atoms with Crippen LogP contribution in [0.15, 0.2) is 54.1 Å². The fourth-order valence-electron chi connectivity index (χ4n) is 2.31. The van der Waals surface area contributed by atoms with Gasteiger partial charge in [-0.05, 0) is 35.8 Å². The van der Waals surface area contributed by atoms with Gasteiger partial charge in [-0.2, -0.15) is 5.26 Å². The molecule has 0 spiro atoms. The van der Waals surface area contributed by atoms with E-state index in [1.807, 2.05) is 36.4 Å². The maximum atomic E-state index is 12.5. The summed E-state index contributed by atoms with van der Waals surface area (Å²) in [6.45, 7) is 2.11. The Kier molecular flexibility index (Phi) is 5.71. The van der Waals surface area contributed by atoms with E-state index in [9.17, 15) is 10.1 Å². The molecule has 23 heavy (non-hydrogen) atoms. The number of nitriles is 1. The first-order chi connectivity index (χ1) is 11.2. The van der Waals surface area contributed by atoms with E-state index >= 15 is 0 Å². The number of aryl methyl sites for hydroxylation is 1. The number of carbonyl (C=O) groups is 1. The van der Waals surface area contributed by atoms with Crippen molar-refractivity contribution in [3.8, 4) is 11.8 Å². The molecule has 0 saturated heterocycles. The average Bonchev–Trinajstić information content (AvgIpc) is 2.60. The Labute approximate surface area is 136 Å². The minimum Gasteiger partial charge on any atom is -0.497 e. The zero-order chi connectivity index (χ0) is 16.7. The van der Waals surface area contributed by atoms with E-state index in [1.54, 1.807) is 31.4 Å². The van der Waals surface area contributed by atoms with Gasteiger partial charge in [0.1, 0.15) is 17.4 Å². The molecule has 0 bridgehead atoms. The van der Waals surface area contributed by atoms with Crippen molar-refractivity contribution in [2.45, 2.75) is 19.8 Å². The second-order valence-electron chi connectivity index (χ2n) is 5.22. The highest BCUT2D eigenvalue weighted by atomic mass is 16.5. The second kappa shape index (κ2) is 7.95. The minimum absolute atomic E-state index is 0.112. The lowest BCUT2D eigenvalue weighted by Gasteiger charge is -2.03. The van der Waals surface area contributed by atoms with Gasteiger partial charge in [0, 0.05) is 5.56 Å². The zero-order valence-corrected chi connectivity index (χ0v) is 13.4. The largest absolute Gasteiger partial charge is 0.497 e. The third-order valence-corrected chi connectivity index (χ3v) is 3.52. The molecule has 0 unspecified atom stereocenters. The van der Waals surface area contributed by atoms with Crippen molar-refractivity contribution in [3.05, 3.63) is 70.8 Å². The van der Waals surface area contributed by atoms with Crippen LogP contribution in [0.5, 0.6) is 5.75 Å². The topological polar surface area (TPSA) is 50.1 Å². The number of Topliss-reactive ketones (excluding diaryl/α,β-unsaturated/α-hetero) is 1. The lowest BCUT2D eigenvalue weighted by Crippen LogP contribution is -2.02. The SMILES string of the molecule is CCCc1ccc(C(=O)/C(C#N)=C/c2cccc(OC)c2)cc1. The number of benzene rings is 2. The summed E-state index contributed by atoms with van der Waals surface area (Å²) in [5.74, 6) is 0.422. The molecule has 0 saturated carbocycles. The van der Waals surface area contributed by atoms with E-state index in [0.29, 0.717) is 11.3 Å². The maximum Gasteiger partial charge on any atom is 0.203 e. The van der Waals surface area contributed by atoms with Gasteiger partial charge in [-0.25, -0.2) is 0 Å². The van der Waals surface area contributed by atoms with Gasteiger partial charge in [0.15, 0.2) is 0 Å². The van der Waals surface area contributed by atoms with Crippen LogP contribution in [0, 0.1) is 11.3 Å². The van der Waals surface area contributed by atoms with Crippen molar-refractivity contribution in [1.29, 1.82) is 5.26 Å². The molecule has 2 rings (SSSR count). The third kappa shape index (κ3) is 4.31. The summed E-state index contributed by atoms with van der Waals surface area (Å²) in [5.41, 5.74) is 2.60. The van der Waals surface area contributed by atoms with Crippen LogP contribution in [0.1, 0.15) is 34.8 Å². The lowest BCUT2D eigenvalue weighted by atomic mass is 10.00. The Morgan fingerprint density at radius 2 is 1.96 bits per heavy atom. The van der Waals surface area contributed by atoms with Gasteiger partial charge in [0.2, 0.25) is 5.78 Å². The Morgan fingerprint density at radius 3 is 2.57 bits per heavy atom. The number of hydrogen-bond acceptors (Lipinski definition) is 3. The monoisotopic (exact) mass is 305 g/mol. The zero-order valence-electron chi connectivity index (χ0n) is 13.4. The first kappa shape index (κ1) is 16.5. The molecule has 0 heterocycles. The molecular formula is C20H19NO2. The summed E-state index contributed by atoms with van der Waals surface area (Å²) in [6.07, 6.45) is 3.64. The summed E-state index contributed by atoms with van der Waals surface area (Å²) in [7, 11) is 1.58. The van der Waals surface area contributed by atoms with Crippen LogP contribution >= 0.6 is 0 Å². The molecule has 3 nitrogen and oxygen atoms in total. The van der Waals surface area contributed by atoms with Gasteiger partial charge in [0.05, 0.1) is 7.11 Å². The van der Waals surface area contributed by atoms with E-state index < -0.39 is 0 Å². The first-order valence-electron chi connectivity index (χ1n) is 7.57. The van der Waals surface area contributed by atoms with Gasteiger partial charge < -0.3 is 4.74 Å². The molecule has 3 heteroatoms. The highest BCUT2D eigenvalue weighted by Gasteiger charge is 2.12. The van der Waals surface area contributed by atoms with E-state index in [2.05, 4.69) is 6.92 Å². The van der Waals surface area contributed by atoms with Gasteiger partial charge in [-0.15, -0.1) is 0 Å². The average molecular weight is 305 g/mol. The maximum absolute atomic E-state index is 12.5. The highest BCUT2D eigenvalue weighted by molar-refractivity contribution is 6.14. The summed E-state index contributed by atoms with van der Waals surface area (Å²) < 4.78 is 5.15. The number of methoxy groups -OCH3 is 1. The summed E-state index contributed by atoms with van der Waals surface area (Å²) >= 11 is 0. The minimum atomic E-state index is -0.265. The summed E-state index contributed by atoms with van der Waals surface area (Å²) in [4.78, 5) is 12.5. The number of allylic oxidation sites excluding steroid dienone is 1. The summed E-state index contributed by atoms with van der Waals surface area (Å²) in [6, 6.07) is 16.7. The lowest BCUT2D eigenvalue weighted by molar-refractivity contribution is 0.104. The fourth-order valence-corrected chi connectivity index (χ4v) is 2.31. The molecule has 0 N–H and O–H groups in total. The molecule has 0 atom stereocenters. The molecule has 2 aromatic carbocycles. The molecule has 0 aliphatic carbocycles. The van der Waals surface area contributed by atoms with Crippen molar-refractivity contribution < 1.29 is 9.53 Å². The summed E-state index contributed by atoms with van der Waals surface area (Å²) in [5, 5.41) is 9.31.